The standard InChI is InChI=1S/C27H51NO2/c1-3-5-7-9-10-11-12-13-14-15-16-17-18-19-20-22-27(29)28(24-26-25-30-26)23-21-8-6-4-2/h21,23,26H,3-20,22,24-25H2,1-2H3/b23-21+. The number of epoxide rings is 1. The van der Waals surface area contributed by atoms with E-state index in [1.165, 1.54) is 103 Å². The molecule has 1 atom stereocenters. The summed E-state index contributed by atoms with van der Waals surface area (Å²) in [4.78, 5) is 14.4. The Balaban J connectivity index is 1.91. The Morgan fingerprint density at radius 2 is 1.23 bits per heavy atom. The molecule has 3 heteroatoms. The quantitative estimate of drug-likeness (QED) is 0.130. The molecule has 1 fully saturated rings. The predicted octanol–water partition coefficient (Wildman–Crippen LogP) is 8.18. The first-order valence-electron chi connectivity index (χ1n) is 13.4. The first-order valence-corrected chi connectivity index (χ1v) is 13.4. The van der Waals surface area contributed by atoms with Crippen LogP contribution in [0.3, 0.4) is 0 Å². The maximum Gasteiger partial charge on any atom is 0.226 e. The van der Waals surface area contributed by atoms with Gasteiger partial charge in [0, 0.05) is 12.6 Å². The Kier molecular flexibility index (Phi) is 18.2. The summed E-state index contributed by atoms with van der Waals surface area (Å²) in [5, 5.41) is 0. The summed E-state index contributed by atoms with van der Waals surface area (Å²) in [6, 6.07) is 0. The molecule has 1 aliphatic rings. The third-order valence-electron chi connectivity index (χ3n) is 6.13. The van der Waals surface area contributed by atoms with Crippen molar-refractivity contribution < 1.29 is 9.53 Å². The van der Waals surface area contributed by atoms with Crippen molar-refractivity contribution in [3.05, 3.63) is 12.3 Å². The highest BCUT2D eigenvalue weighted by molar-refractivity contribution is 5.77. The van der Waals surface area contributed by atoms with Crippen LogP contribution in [0.25, 0.3) is 0 Å². The third-order valence-corrected chi connectivity index (χ3v) is 6.13. The van der Waals surface area contributed by atoms with Gasteiger partial charge in [0.1, 0.15) is 0 Å². The van der Waals surface area contributed by atoms with Gasteiger partial charge in [0.2, 0.25) is 5.91 Å². The fraction of sp³-hybridized carbons (Fsp3) is 0.889. The van der Waals surface area contributed by atoms with Gasteiger partial charge < -0.3 is 9.64 Å². The largest absolute Gasteiger partial charge is 0.371 e. The van der Waals surface area contributed by atoms with Gasteiger partial charge in [-0.15, -0.1) is 0 Å². The first-order chi connectivity index (χ1) is 14.8. The second-order valence-corrected chi connectivity index (χ2v) is 9.23. The molecule has 0 aliphatic carbocycles. The molecule has 1 amide bonds. The minimum atomic E-state index is 0.269. The Morgan fingerprint density at radius 3 is 1.70 bits per heavy atom. The molecule has 0 N–H and O–H groups in total. The van der Waals surface area contributed by atoms with E-state index in [1.807, 2.05) is 11.1 Å². The number of hydrogen-bond donors (Lipinski definition) is 0. The molecule has 0 saturated carbocycles. The molecular weight excluding hydrogens is 370 g/mol. The second-order valence-electron chi connectivity index (χ2n) is 9.23. The molecule has 1 saturated heterocycles. The van der Waals surface area contributed by atoms with E-state index >= 15 is 0 Å². The number of rotatable bonds is 22. The highest BCUT2D eigenvalue weighted by Crippen LogP contribution is 2.16. The van der Waals surface area contributed by atoms with E-state index in [0.717, 1.165) is 26.0 Å². The van der Waals surface area contributed by atoms with Crippen LogP contribution in [0.5, 0.6) is 0 Å². The molecule has 1 rings (SSSR count). The van der Waals surface area contributed by atoms with Crippen LogP contribution >= 0.6 is 0 Å². The van der Waals surface area contributed by atoms with E-state index in [2.05, 4.69) is 19.9 Å². The average molecular weight is 422 g/mol. The summed E-state index contributed by atoms with van der Waals surface area (Å²) in [5.41, 5.74) is 0. The van der Waals surface area contributed by atoms with E-state index in [-0.39, 0.29) is 12.0 Å². The van der Waals surface area contributed by atoms with Crippen molar-refractivity contribution in [3.8, 4) is 0 Å². The lowest BCUT2D eigenvalue weighted by Crippen LogP contribution is -2.29. The number of amides is 1. The Hall–Kier alpha value is -0.830. The van der Waals surface area contributed by atoms with E-state index in [4.69, 9.17) is 4.74 Å². The lowest BCUT2D eigenvalue weighted by molar-refractivity contribution is -0.129. The monoisotopic (exact) mass is 421 g/mol. The van der Waals surface area contributed by atoms with Crippen molar-refractivity contribution in [3.63, 3.8) is 0 Å². The number of nitrogens with zero attached hydrogens (tertiary/aromatic N) is 1. The molecule has 1 unspecified atom stereocenters. The maximum atomic E-state index is 12.5. The highest BCUT2D eigenvalue weighted by Gasteiger charge is 2.26. The number of carbonyl (C=O) groups excluding carboxylic acids is 1. The summed E-state index contributed by atoms with van der Waals surface area (Å²) in [7, 11) is 0. The van der Waals surface area contributed by atoms with Gasteiger partial charge in [-0.3, -0.25) is 4.79 Å². The molecule has 30 heavy (non-hydrogen) atoms. The molecule has 0 aromatic rings. The topological polar surface area (TPSA) is 32.8 Å². The Bertz CT molecular complexity index is 417. The zero-order chi connectivity index (χ0) is 21.7. The average Bonchev–Trinajstić information content (AvgIpc) is 3.57. The van der Waals surface area contributed by atoms with Gasteiger partial charge in [0.05, 0.1) is 19.3 Å². The number of allylic oxidation sites excluding steroid dienone is 1. The minimum Gasteiger partial charge on any atom is -0.371 e. The molecule has 0 aromatic heterocycles. The molecule has 3 nitrogen and oxygen atoms in total. The minimum absolute atomic E-state index is 0.269. The predicted molar refractivity (Wildman–Crippen MR) is 130 cm³/mol. The maximum absolute atomic E-state index is 12.5. The van der Waals surface area contributed by atoms with Crippen LogP contribution < -0.4 is 0 Å². The molecule has 0 aromatic carbocycles. The number of carbonyl (C=O) groups is 1. The number of unbranched alkanes of at least 4 members (excludes halogenated alkanes) is 16. The van der Waals surface area contributed by atoms with Gasteiger partial charge in [-0.25, -0.2) is 0 Å². The summed E-state index contributed by atoms with van der Waals surface area (Å²) >= 11 is 0. The summed E-state index contributed by atoms with van der Waals surface area (Å²) < 4.78 is 5.32. The van der Waals surface area contributed by atoms with Gasteiger partial charge in [-0.1, -0.05) is 123 Å². The zero-order valence-electron chi connectivity index (χ0n) is 20.3. The van der Waals surface area contributed by atoms with Crippen LogP contribution in [0.1, 0.15) is 136 Å². The molecule has 0 radical (unpaired) electrons. The van der Waals surface area contributed by atoms with E-state index in [0.29, 0.717) is 6.42 Å². The van der Waals surface area contributed by atoms with Gasteiger partial charge in [0.25, 0.3) is 0 Å². The van der Waals surface area contributed by atoms with Crippen LogP contribution in [0.2, 0.25) is 0 Å². The molecule has 1 heterocycles. The highest BCUT2D eigenvalue weighted by atomic mass is 16.6. The smallest absolute Gasteiger partial charge is 0.226 e. The second kappa shape index (κ2) is 20.1. The lowest BCUT2D eigenvalue weighted by atomic mass is 10.0. The van der Waals surface area contributed by atoms with E-state index < -0.39 is 0 Å². The summed E-state index contributed by atoms with van der Waals surface area (Å²) in [6.07, 6.45) is 29.0. The Morgan fingerprint density at radius 1 is 0.767 bits per heavy atom. The Labute approximate surface area is 188 Å². The van der Waals surface area contributed by atoms with Gasteiger partial charge in [-0.05, 0) is 12.8 Å². The van der Waals surface area contributed by atoms with Gasteiger partial charge in [0.15, 0.2) is 0 Å². The first kappa shape index (κ1) is 27.2. The fourth-order valence-corrected chi connectivity index (χ4v) is 3.95. The third kappa shape index (κ3) is 16.9. The van der Waals surface area contributed by atoms with Crippen molar-refractivity contribution in [1.82, 2.24) is 4.90 Å². The van der Waals surface area contributed by atoms with E-state index in [9.17, 15) is 4.79 Å². The van der Waals surface area contributed by atoms with E-state index in [1.54, 1.807) is 0 Å². The van der Waals surface area contributed by atoms with Crippen molar-refractivity contribution in [2.24, 2.45) is 0 Å². The van der Waals surface area contributed by atoms with Crippen LogP contribution in [-0.2, 0) is 9.53 Å². The summed E-state index contributed by atoms with van der Waals surface area (Å²) in [6.45, 7) is 6.03. The number of hydrogen-bond acceptors (Lipinski definition) is 2. The zero-order valence-corrected chi connectivity index (χ0v) is 20.3. The van der Waals surface area contributed by atoms with Gasteiger partial charge in [-0.2, -0.15) is 0 Å². The van der Waals surface area contributed by atoms with Crippen LogP contribution in [0.4, 0.5) is 0 Å². The van der Waals surface area contributed by atoms with Crippen molar-refractivity contribution in [2.75, 3.05) is 13.2 Å². The molecule has 1 aliphatic heterocycles. The normalized spacial score (nSPS) is 15.7. The van der Waals surface area contributed by atoms with Crippen LogP contribution in [0.15, 0.2) is 12.3 Å². The van der Waals surface area contributed by atoms with Crippen molar-refractivity contribution in [2.45, 2.75) is 142 Å². The molecule has 176 valence electrons. The van der Waals surface area contributed by atoms with Gasteiger partial charge >= 0.3 is 0 Å². The lowest BCUT2D eigenvalue weighted by Gasteiger charge is -2.17. The van der Waals surface area contributed by atoms with Crippen molar-refractivity contribution >= 4 is 5.91 Å². The SMILES string of the molecule is CCCC/C=C/N(CC1CO1)C(=O)CCCCCCCCCCCCCCCCC. The molecule has 0 bridgehead atoms. The fourth-order valence-electron chi connectivity index (χ4n) is 3.95. The van der Waals surface area contributed by atoms with Crippen LogP contribution in [-0.4, -0.2) is 30.1 Å². The molecule has 0 spiro atoms. The molecular formula is C27H51NO2. The van der Waals surface area contributed by atoms with Crippen molar-refractivity contribution in [1.29, 1.82) is 0 Å². The summed E-state index contributed by atoms with van der Waals surface area (Å²) in [5.74, 6) is 0.271. The van der Waals surface area contributed by atoms with Crippen LogP contribution in [0, 0.1) is 0 Å². The number of ether oxygens (including phenoxy) is 1.